The lowest BCUT2D eigenvalue weighted by atomic mass is 9.81. The van der Waals surface area contributed by atoms with Crippen molar-refractivity contribution in [1.82, 2.24) is 15.1 Å². The molecular weight excluding hydrogens is 258 g/mol. The lowest BCUT2D eigenvalue weighted by Crippen LogP contribution is -2.59. The van der Waals surface area contributed by atoms with Crippen LogP contribution in [0.15, 0.2) is 0 Å². The quantitative estimate of drug-likeness (QED) is 0.842. The minimum absolute atomic E-state index is 0.781. The molecule has 2 bridgehead atoms. The maximum atomic E-state index is 3.91. The van der Waals surface area contributed by atoms with Crippen molar-refractivity contribution < 1.29 is 0 Å². The molecule has 0 aromatic carbocycles. The average molecular weight is 291 g/mol. The van der Waals surface area contributed by atoms with E-state index in [9.17, 15) is 0 Å². The van der Waals surface area contributed by atoms with E-state index >= 15 is 0 Å². The van der Waals surface area contributed by atoms with Crippen LogP contribution >= 0.6 is 0 Å². The highest BCUT2D eigenvalue weighted by atomic mass is 15.3. The maximum absolute atomic E-state index is 3.91. The summed E-state index contributed by atoms with van der Waals surface area (Å²) in [5, 5.41) is 3.91. The summed E-state index contributed by atoms with van der Waals surface area (Å²) in [6.07, 6.45) is 11.7. The Morgan fingerprint density at radius 1 is 0.714 bits per heavy atom. The van der Waals surface area contributed by atoms with Gasteiger partial charge in [-0.15, -0.1) is 0 Å². The number of hydrogen-bond donors (Lipinski definition) is 1. The molecule has 0 aromatic heterocycles. The van der Waals surface area contributed by atoms with E-state index in [2.05, 4.69) is 15.1 Å². The van der Waals surface area contributed by atoms with Gasteiger partial charge in [0.05, 0.1) is 0 Å². The normalized spacial score (nSPS) is 42.9. The van der Waals surface area contributed by atoms with Crippen LogP contribution in [0.1, 0.15) is 51.4 Å². The van der Waals surface area contributed by atoms with Crippen LogP contribution in [0.4, 0.5) is 0 Å². The summed E-state index contributed by atoms with van der Waals surface area (Å²) in [5.41, 5.74) is 0. The maximum Gasteiger partial charge on any atom is 0.0253 e. The summed E-state index contributed by atoms with van der Waals surface area (Å²) in [6.45, 7) is 8.03. The minimum atomic E-state index is 0.781. The first-order chi connectivity index (χ1) is 10.4. The monoisotopic (exact) mass is 291 g/mol. The van der Waals surface area contributed by atoms with E-state index in [1.165, 1.54) is 90.6 Å². The average Bonchev–Trinajstić information content (AvgIpc) is 2.83. The van der Waals surface area contributed by atoms with Crippen LogP contribution < -0.4 is 5.32 Å². The van der Waals surface area contributed by atoms with Gasteiger partial charge in [0.1, 0.15) is 0 Å². The fourth-order valence-electron chi connectivity index (χ4n) is 5.48. The van der Waals surface area contributed by atoms with Gasteiger partial charge in [-0.25, -0.2) is 0 Å². The molecule has 0 radical (unpaired) electrons. The topological polar surface area (TPSA) is 18.5 Å². The van der Waals surface area contributed by atoms with Crippen LogP contribution in [-0.4, -0.2) is 61.2 Å². The van der Waals surface area contributed by atoms with Crippen molar-refractivity contribution in [3.05, 3.63) is 0 Å². The smallest absolute Gasteiger partial charge is 0.0253 e. The molecule has 5 fully saturated rings. The molecule has 5 rings (SSSR count). The summed E-state index contributed by atoms with van der Waals surface area (Å²) >= 11 is 0. The largest absolute Gasteiger partial charge is 0.312 e. The Kier molecular flexibility index (Phi) is 4.52. The molecule has 120 valence electrons. The van der Waals surface area contributed by atoms with E-state index in [-0.39, 0.29) is 0 Å². The summed E-state index contributed by atoms with van der Waals surface area (Å²) in [7, 11) is 0. The zero-order valence-corrected chi connectivity index (χ0v) is 13.6. The molecule has 0 aromatic rings. The molecule has 0 amide bonds. The van der Waals surface area contributed by atoms with Gasteiger partial charge in [0.25, 0.3) is 0 Å². The SMILES string of the molecule is C1CCC(C2CN(C3CN4CCC3CC4)CCCN2)CC1. The van der Waals surface area contributed by atoms with Gasteiger partial charge in [-0.1, -0.05) is 19.3 Å². The standard InChI is InChI=1S/C18H33N3/c1-2-5-15(6-3-1)17-13-21(10-4-9-19-17)18-14-20-11-7-16(18)8-12-20/h15-19H,1-14H2. The summed E-state index contributed by atoms with van der Waals surface area (Å²) in [5.74, 6) is 1.96. The molecule has 1 N–H and O–H groups in total. The molecule has 4 aliphatic heterocycles. The molecule has 3 nitrogen and oxygen atoms in total. The molecule has 2 unspecified atom stereocenters. The number of rotatable bonds is 2. The van der Waals surface area contributed by atoms with Crippen molar-refractivity contribution in [2.45, 2.75) is 63.5 Å². The second-order valence-electron chi connectivity index (χ2n) is 8.01. The second kappa shape index (κ2) is 6.55. The second-order valence-corrected chi connectivity index (χ2v) is 8.01. The first-order valence-corrected chi connectivity index (χ1v) is 9.60. The summed E-state index contributed by atoms with van der Waals surface area (Å²) in [6, 6.07) is 1.65. The fraction of sp³-hybridized carbons (Fsp3) is 1.00. The van der Waals surface area contributed by atoms with Crippen LogP contribution in [0.3, 0.4) is 0 Å². The lowest BCUT2D eigenvalue weighted by Gasteiger charge is -2.49. The Labute approximate surface area is 130 Å². The van der Waals surface area contributed by atoms with Gasteiger partial charge in [0.2, 0.25) is 0 Å². The van der Waals surface area contributed by atoms with Crippen LogP contribution in [0.2, 0.25) is 0 Å². The molecule has 5 aliphatic rings. The third-order valence-corrected chi connectivity index (χ3v) is 6.77. The molecule has 4 heterocycles. The number of piperidine rings is 3. The van der Waals surface area contributed by atoms with Gasteiger partial charge in [0.15, 0.2) is 0 Å². The van der Waals surface area contributed by atoms with E-state index in [1.807, 2.05) is 0 Å². The Hall–Kier alpha value is -0.120. The van der Waals surface area contributed by atoms with Gasteiger partial charge in [-0.3, -0.25) is 4.90 Å². The molecule has 1 saturated carbocycles. The van der Waals surface area contributed by atoms with Gasteiger partial charge in [-0.05, 0) is 70.1 Å². The van der Waals surface area contributed by atoms with Crippen molar-refractivity contribution in [3.8, 4) is 0 Å². The third-order valence-electron chi connectivity index (χ3n) is 6.77. The van der Waals surface area contributed by atoms with Crippen LogP contribution in [-0.2, 0) is 0 Å². The van der Waals surface area contributed by atoms with Gasteiger partial charge in [-0.2, -0.15) is 0 Å². The Morgan fingerprint density at radius 3 is 2.24 bits per heavy atom. The van der Waals surface area contributed by atoms with Crippen molar-refractivity contribution in [2.75, 3.05) is 39.3 Å². The van der Waals surface area contributed by atoms with E-state index in [0.717, 1.165) is 23.9 Å². The van der Waals surface area contributed by atoms with Crippen molar-refractivity contribution in [2.24, 2.45) is 11.8 Å². The third kappa shape index (κ3) is 3.16. The molecule has 1 aliphatic carbocycles. The molecule has 3 heteroatoms. The van der Waals surface area contributed by atoms with Crippen LogP contribution in [0.5, 0.6) is 0 Å². The lowest BCUT2D eigenvalue weighted by molar-refractivity contribution is 0.00166. The highest BCUT2D eigenvalue weighted by Gasteiger charge is 2.39. The predicted molar refractivity (Wildman–Crippen MR) is 87.5 cm³/mol. The molecule has 0 spiro atoms. The van der Waals surface area contributed by atoms with Crippen LogP contribution in [0, 0.1) is 11.8 Å². The molecule has 4 saturated heterocycles. The van der Waals surface area contributed by atoms with Crippen molar-refractivity contribution in [1.29, 1.82) is 0 Å². The van der Waals surface area contributed by atoms with Gasteiger partial charge < -0.3 is 10.2 Å². The van der Waals surface area contributed by atoms with Crippen molar-refractivity contribution in [3.63, 3.8) is 0 Å². The highest BCUT2D eigenvalue weighted by Crippen LogP contribution is 2.33. The van der Waals surface area contributed by atoms with Gasteiger partial charge in [0, 0.05) is 25.2 Å². The Balaban J connectivity index is 1.42. The summed E-state index contributed by atoms with van der Waals surface area (Å²) in [4.78, 5) is 5.62. The van der Waals surface area contributed by atoms with E-state index in [1.54, 1.807) is 0 Å². The summed E-state index contributed by atoms with van der Waals surface area (Å²) < 4.78 is 0. The number of nitrogens with zero attached hydrogens (tertiary/aromatic N) is 2. The van der Waals surface area contributed by atoms with E-state index < -0.39 is 0 Å². The minimum Gasteiger partial charge on any atom is -0.312 e. The Morgan fingerprint density at radius 2 is 1.52 bits per heavy atom. The van der Waals surface area contributed by atoms with E-state index in [0.29, 0.717) is 0 Å². The zero-order valence-electron chi connectivity index (χ0n) is 13.6. The van der Waals surface area contributed by atoms with E-state index in [4.69, 9.17) is 0 Å². The van der Waals surface area contributed by atoms with Gasteiger partial charge >= 0.3 is 0 Å². The molecule has 2 atom stereocenters. The number of hydrogen-bond acceptors (Lipinski definition) is 3. The molecule has 21 heavy (non-hydrogen) atoms. The first-order valence-electron chi connectivity index (χ1n) is 9.60. The first kappa shape index (κ1) is 14.5. The number of nitrogens with one attached hydrogen (secondary N) is 1. The van der Waals surface area contributed by atoms with Crippen LogP contribution in [0.25, 0.3) is 0 Å². The number of fused-ring (bicyclic) bond motifs is 3. The fourth-order valence-corrected chi connectivity index (χ4v) is 5.48. The predicted octanol–water partition coefficient (Wildman–Crippen LogP) is 2.32. The zero-order chi connectivity index (χ0) is 14.1. The Bertz CT molecular complexity index is 331. The van der Waals surface area contributed by atoms with Crippen molar-refractivity contribution >= 4 is 0 Å². The highest BCUT2D eigenvalue weighted by molar-refractivity contribution is 4.95. The molecular formula is C18H33N3.